The van der Waals surface area contributed by atoms with Gasteiger partial charge in [0.1, 0.15) is 0 Å². The van der Waals surface area contributed by atoms with Gasteiger partial charge in [-0.05, 0) is 32.1 Å². The van der Waals surface area contributed by atoms with Crippen molar-refractivity contribution in [1.29, 1.82) is 0 Å². The van der Waals surface area contributed by atoms with Gasteiger partial charge in [-0.25, -0.2) is 0 Å². The third-order valence-electron chi connectivity index (χ3n) is 3.26. The molecule has 4 atom stereocenters. The zero-order valence-corrected chi connectivity index (χ0v) is 13.0. The van der Waals surface area contributed by atoms with Crippen LogP contribution in [0.25, 0.3) is 0 Å². The summed E-state index contributed by atoms with van der Waals surface area (Å²) in [7, 11) is 0. The van der Waals surface area contributed by atoms with Crippen LogP contribution in [0, 0.1) is 11.8 Å². The first-order chi connectivity index (χ1) is 8.40. The van der Waals surface area contributed by atoms with Gasteiger partial charge in [0, 0.05) is 0 Å². The van der Waals surface area contributed by atoms with Gasteiger partial charge in [0.2, 0.25) is 0 Å². The van der Waals surface area contributed by atoms with Gasteiger partial charge >= 0.3 is 0 Å². The number of rotatable bonds is 10. The number of ether oxygens (including phenoxy) is 2. The first-order valence-electron chi connectivity index (χ1n) is 7.28. The summed E-state index contributed by atoms with van der Waals surface area (Å²) in [4.78, 5) is 0. The van der Waals surface area contributed by atoms with Crippen LogP contribution in [0.3, 0.4) is 0 Å². The molecular formula is C15H32O3. The fraction of sp³-hybridized carbons (Fsp3) is 1.00. The van der Waals surface area contributed by atoms with Crippen LogP contribution in [0.4, 0.5) is 0 Å². The van der Waals surface area contributed by atoms with Crippen molar-refractivity contribution in [1.82, 2.24) is 0 Å². The number of hydrogen-bond acceptors (Lipinski definition) is 3. The fourth-order valence-electron chi connectivity index (χ4n) is 1.84. The van der Waals surface area contributed by atoms with Gasteiger partial charge in [-0.15, -0.1) is 0 Å². The van der Waals surface area contributed by atoms with Crippen LogP contribution in [0.5, 0.6) is 0 Å². The first-order valence-corrected chi connectivity index (χ1v) is 7.28. The molecule has 0 aromatic heterocycles. The maximum atomic E-state index is 8.91. The van der Waals surface area contributed by atoms with Gasteiger partial charge in [-0.3, -0.25) is 0 Å². The monoisotopic (exact) mass is 260 g/mol. The summed E-state index contributed by atoms with van der Waals surface area (Å²) in [6.45, 7) is 13.4. The first kappa shape index (κ1) is 17.9. The molecule has 0 amide bonds. The lowest BCUT2D eigenvalue weighted by Crippen LogP contribution is -2.31. The smallest absolute Gasteiger partial charge is 0.0784 e. The molecule has 0 aliphatic carbocycles. The van der Waals surface area contributed by atoms with Crippen LogP contribution in [0.15, 0.2) is 0 Å². The Balaban J connectivity index is 4.13. The highest BCUT2D eigenvalue weighted by molar-refractivity contribution is 4.69. The molecule has 0 spiro atoms. The predicted octanol–water partition coefficient (Wildman–Crippen LogP) is 3.25. The fourth-order valence-corrected chi connectivity index (χ4v) is 1.84. The van der Waals surface area contributed by atoms with Crippen molar-refractivity contribution in [3.05, 3.63) is 0 Å². The van der Waals surface area contributed by atoms with E-state index in [4.69, 9.17) is 14.6 Å². The van der Waals surface area contributed by atoms with Crippen molar-refractivity contribution in [2.24, 2.45) is 11.8 Å². The molecule has 0 radical (unpaired) electrons. The quantitative estimate of drug-likeness (QED) is 0.655. The maximum absolute atomic E-state index is 8.91. The third-order valence-corrected chi connectivity index (χ3v) is 3.26. The Morgan fingerprint density at radius 3 is 2.06 bits per heavy atom. The van der Waals surface area contributed by atoms with Gasteiger partial charge in [0.25, 0.3) is 0 Å². The molecule has 3 heteroatoms. The van der Waals surface area contributed by atoms with Crippen molar-refractivity contribution < 1.29 is 14.6 Å². The molecule has 0 rings (SSSR count). The van der Waals surface area contributed by atoms with Crippen LogP contribution in [-0.2, 0) is 9.47 Å². The van der Waals surface area contributed by atoms with E-state index < -0.39 is 0 Å². The summed E-state index contributed by atoms with van der Waals surface area (Å²) in [5, 5.41) is 8.91. The lowest BCUT2D eigenvalue weighted by atomic mass is 9.94. The van der Waals surface area contributed by atoms with Crippen molar-refractivity contribution in [2.75, 3.05) is 13.2 Å². The summed E-state index contributed by atoms with van der Waals surface area (Å²) >= 11 is 0. The molecule has 0 aliphatic rings. The second kappa shape index (κ2) is 9.76. The van der Waals surface area contributed by atoms with Crippen LogP contribution < -0.4 is 0 Å². The Morgan fingerprint density at radius 1 is 1.00 bits per heavy atom. The molecule has 0 fully saturated rings. The van der Waals surface area contributed by atoms with E-state index in [1.54, 1.807) is 0 Å². The predicted molar refractivity (Wildman–Crippen MR) is 75.7 cm³/mol. The Hall–Kier alpha value is -0.120. The molecule has 0 aromatic rings. The summed E-state index contributed by atoms with van der Waals surface area (Å²) in [5.74, 6) is 1.22. The second-order valence-electron chi connectivity index (χ2n) is 5.83. The molecule has 18 heavy (non-hydrogen) atoms. The van der Waals surface area contributed by atoms with Gasteiger partial charge in [0.05, 0.1) is 31.5 Å². The molecule has 0 aromatic carbocycles. The van der Waals surface area contributed by atoms with Crippen molar-refractivity contribution >= 4 is 0 Å². The van der Waals surface area contributed by atoms with E-state index in [9.17, 15) is 0 Å². The van der Waals surface area contributed by atoms with E-state index in [0.717, 1.165) is 12.8 Å². The molecule has 0 heterocycles. The highest BCUT2D eigenvalue weighted by Gasteiger charge is 2.20. The summed E-state index contributed by atoms with van der Waals surface area (Å²) in [6.07, 6.45) is 2.50. The summed E-state index contributed by atoms with van der Waals surface area (Å²) in [6, 6.07) is 0. The molecule has 0 aliphatic heterocycles. The topological polar surface area (TPSA) is 38.7 Å². The second-order valence-corrected chi connectivity index (χ2v) is 5.83. The number of aliphatic hydroxyl groups is 1. The van der Waals surface area contributed by atoms with Crippen molar-refractivity contribution in [3.8, 4) is 0 Å². The van der Waals surface area contributed by atoms with Gasteiger partial charge in [-0.1, -0.05) is 34.1 Å². The average molecular weight is 260 g/mol. The maximum Gasteiger partial charge on any atom is 0.0784 e. The summed E-state index contributed by atoms with van der Waals surface area (Å²) in [5.41, 5.74) is 0. The number of aliphatic hydroxyl groups excluding tert-OH is 1. The van der Waals surface area contributed by atoms with E-state index in [1.165, 1.54) is 0 Å². The van der Waals surface area contributed by atoms with E-state index in [-0.39, 0.29) is 18.8 Å². The highest BCUT2D eigenvalue weighted by atomic mass is 16.5. The average Bonchev–Trinajstić information content (AvgIpc) is 2.33. The van der Waals surface area contributed by atoms with Gasteiger partial charge in [-0.2, -0.15) is 0 Å². The van der Waals surface area contributed by atoms with Gasteiger partial charge < -0.3 is 14.6 Å². The van der Waals surface area contributed by atoms with Crippen LogP contribution >= 0.6 is 0 Å². The minimum Gasteiger partial charge on any atom is -0.394 e. The molecule has 0 bridgehead atoms. The third kappa shape index (κ3) is 8.06. The minimum absolute atomic E-state index is 0.0630. The van der Waals surface area contributed by atoms with Crippen molar-refractivity contribution in [3.63, 3.8) is 0 Å². The lowest BCUT2D eigenvalue weighted by Gasteiger charge is -2.28. The van der Waals surface area contributed by atoms with Crippen LogP contribution in [0.1, 0.15) is 54.4 Å². The molecule has 4 unspecified atom stereocenters. The zero-order valence-electron chi connectivity index (χ0n) is 13.0. The largest absolute Gasteiger partial charge is 0.394 e. The van der Waals surface area contributed by atoms with Crippen molar-refractivity contribution in [2.45, 2.75) is 72.7 Å². The Morgan fingerprint density at radius 2 is 1.61 bits per heavy atom. The van der Waals surface area contributed by atoms with Crippen LogP contribution in [-0.4, -0.2) is 36.6 Å². The van der Waals surface area contributed by atoms with E-state index in [2.05, 4.69) is 27.7 Å². The van der Waals surface area contributed by atoms with Gasteiger partial charge in [0.15, 0.2) is 0 Å². The summed E-state index contributed by atoms with van der Waals surface area (Å²) < 4.78 is 11.6. The molecular weight excluding hydrogens is 228 g/mol. The SMILES string of the molecule is CCC(C)C(CC(C)C)OC(C)COC(C)CO. The van der Waals surface area contributed by atoms with E-state index in [1.807, 2.05) is 13.8 Å². The Kier molecular flexibility index (Phi) is 9.70. The van der Waals surface area contributed by atoms with E-state index >= 15 is 0 Å². The molecule has 0 saturated carbocycles. The van der Waals surface area contributed by atoms with E-state index in [0.29, 0.717) is 24.5 Å². The normalized spacial score (nSPS) is 18.7. The molecule has 110 valence electrons. The van der Waals surface area contributed by atoms with Crippen LogP contribution in [0.2, 0.25) is 0 Å². The Bertz CT molecular complexity index is 194. The standard InChI is InChI=1S/C15H32O3/c1-7-12(4)15(8-11(2)3)18-14(6)10-17-13(5)9-16/h11-16H,7-10H2,1-6H3. The minimum atomic E-state index is -0.108. The molecule has 3 nitrogen and oxygen atoms in total. The highest BCUT2D eigenvalue weighted by Crippen LogP contribution is 2.21. The molecule has 1 N–H and O–H groups in total. The lowest BCUT2D eigenvalue weighted by molar-refractivity contribution is -0.0914. The number of hydrogen-bond donors (Lipinski definition) is 1. The Labute approximate surface area is 113 Å². The zero-order chi connectivity index (χ0) is 14.1. The molecule has 0 saturated heterocycles.